The van der Waals surface area contributed by atoms with Crippen molar-refractivity contribution in [2.24, 2.45) is 0 Å². The van der Waals surface area contributed by atoms with E-state index in [1.165, 1.54) is 0 Å². The molecule has 0 unspecified atom stereocenters. The lowest BCUT2D eigenvalue weighted by atomic mass is 10.1. The molecule has 0 saturated carbocycles. The lowest BCUT2D eigenvalue weighted by molar-refractivity contribution is 0.616. The van der Waals surface area contributed by atoms with Crippen molar-refractivity contribution in [1.82, 2.24) is 15.3 Å². The lowest BCUT2D eigenvalue weighted by Gasteiger charge is -2.15. The quantitative estimate of drug-likeness (QED) is 0.794. The highest BCUT2D eigenvalue weighted by Crippen LogP contribution is 2.10. The highest BCUT2D eigenvalue weighted by Gasteiger charge is 2.14. The van der Waals surface area contributed by atoms with Gasteiger partial charge in [-0.15, -0.1) is 0 Å². The molecule has 2 rings (SSSR count). The monoisotopic (exact) mass is 225 g/mol. The van der Waals surface area contributed by atoms with Crippen molar-refractivity contribution >= 4 is 11.8 Å². The molecule has 0 aliphatic carbocycles. The minimum atomic E-state index is 0.0268. The third-order valence-electron chi connectivity index (χ3n) is 2.43. The molecule has 1 aliphatic rings. The van der Waals surface area contributed by atoms with Gasteiger partial charge in [0.15, 0.2) is 0 Å². The molecule has 0 spiro atoms. The van der Waals surface area contributed by atoms with Crippen LogP contribution in [0, 0.1) is 0 Å². The van der Waals surface area contributed by atoms with Crippen LogP contribution in [0.4, 0.5) is 0 Å². The van der Waals surface area contributed by atoms with Gasteiger partial charge in [0.05, 0.1) is 17.0 Å². The van der Waals surface area contributed by atoms with Gasteiger partial charge in [-0.25, -0.2) is 4.98 Å². The molecule has 1 aliphatic heterocycles. The Morgan fingerprint density at radius 1 is 1.53 bits per heavy atom. The fourth-order valence-corrected chi connectivity index (χ4v) is 2.21. The van der Waals surface area contributed by atoms with E-state index in [9.17, 15) is 4.79 Å². The molecule has 1 aromatic rings. The number of aromatic nitrogens is 2. The summed E-state index contributed by atoms with van der Waals surface area (Å²) >= 11 is 1.77. The molecule has 15 heavy (non-hydrogen) atoms. The minimum Gasteiger partial charge on any atom is -0.312 e. The molecule has 0 amide bonds. The van der Waals surface area contributed by atoms with E-state index >= 15 is 0 Å². The number of hydrogen-bond donors (Lipinski definition) is 2. The van der Waals surface area contributed by atoms with Crippen molar-refractivity contribution in [3.05, 3.63) is 27.4 Å². The smallest absolute Gasteiger partial charge is 0.255 e. The van der Waals surface area contributed by atoms with Crippen LogP contribution in [0.15, 0.2) is 4.79 Å². The predicted molar refractivity (Wildman–Crippen MR) is 62.1 cm³/mol. The number of nitrogens with zero attached hydrogens (tertiary/aromatic N) is 1. The summed E-state index contributed by atoms with van der Waals surface area (Å²) in [4.78, 5) is 19.0. The Bertz CT molecular complexity index is 402. The Morgan fingerprint density at radius 2 is 2.40 bits per heavy atom. The molecule has 4 nitrogen and oxygen atoms in total. The highest BCUT2D eigenvalue weighted by atomic mass is 32.2. The second-order valence-corrected chi connectivity index (χ2v) is 4.78. The van der Waals surface area contributed by atoms with E-state index in [0.717, 1.165) is 41.6 Å². The Hall–Kier alpha value is -0.810. The van der Waals surface area contributed by atoms with E-state index in [4.69, 9.17) is 0 Å². The Labute approximate surface area is 92.9 Å². The number of fused-ring (bicyclic) bond motifs is 1. The van der Waals surface area contributed by atoms with Crippen molar-refractivity contribution in [3.63, 3.8) is 0 Å². The van der Waals surface area contributed by atoms with E-state index < -0.39 is 0 Å². The molecule has 0 atom stereocenters. The first kappa shape index (κ1) is 10.7. The number of hydrogen-bond acceptors (Lipinski definition) is 4. The lowest BCUT2D eigenvalue weighted by Crippen LogP contribution is -2.32. The van der Waals surface area contributed by atoms with Gasteiger partial charge in [0.1, 0.15) is 5.82 Å². The fourth-order valence-electron chi connectivity index (χ4n) is 1.67. The van der Waals surface area contributed by atoms with Gasteiger partial charge in [0.25, 0.3) is 5.56 Å². The molecule has 2 N–H and O–H groups in total. The van der Waals surface area contributed by atoms with Gasteiger partial charge >= 0.3 is 0 Å². The third kappa shape index (κ3) is 2.41. The Kier molecular flexibility index (Phi) is 3.43. The number of rotatable bonds is 3. The van der Waals surface area contributed by atoms with Gasteiger partial charge in [-0.1, -0.05) is 6.92 Å². The zero-order valence-electron chi connectivity index (χ0n) is 8.80. The van der Waals surface area contributed by atoms with E-state index in [1.807, 2.05) is 0 Å². The molecular formula is C10H15N3OS. The zero-order valence-corrected chi connectivity index (χ0v) is 9.62. The van der Waals surface area contributed by atoms with Crippen LogP contribution in [-0.2, 0) is 18.7 Å². The van der Waals surface area contributed by atoms with Crippen molar-refractivity contribution in [2.45, 2.75) is 25.6 Å². The van der Waals surface area contributed by atoms with Gasteiger partial charge in [-0.3, -0.25) is 4.79 Å². The van der Waals surface area contributed by atoms with Crippen LogP contribution in [0.25, 0.3) is 0 Å². The summed E-state index contributed by atoms with van der Waals surface area (Å²) in [6.45, 7) is 3.67. The van der Waals surface area contributed by atoms with Crippen LogP contribution in [-0.4, -0.2) is 22.3 Å². The molecular weight excluding hydrogens is 210 g/mol. The van der Waals surface area contributed by atoms with Crippen LogP contribution < -0.4 is 10.9 Å². The molecule has 82 valence electrons. The summed E-state index contributed by atoms with van der Waals surface area (Å²) < 4.78 is 0. The second-order valence-electron chi connectivity index (χ2n) is 3.50. The molecule has 0 aromatic carbocycles. The first-order valence-corrected chi connectivity index (χ1v) is 6.36. The molecule has 2 heterocycles. The normalized spacial score (nSPS) is 15.0. The van der Waals surface area contributed by atoms with Gasteiger partial charge < -0.3 is 10.3 Å². The molecule has 0 bridgehead atoms. The van der Waals surface area contributed by atoms with Crippen LogP contribution in [0.3, 0.4) is 0 Å². The standard InChI is InChI=1S/C10H15N3OS/c1-2-15-6-9-12-8-3-4-11-5-7(8)10(14)13-9/h11H,2-6H2,1H3,(H,12,13,14). The molecule has 5 heteroatoms. The molecule has 0 fully saturated rings. The summed E-state index contributed by atoms with van der Waals surface area (Å²) in [7, 11) is 0. The summed E-state index contributed by atoms with van der Waals surface area (Å²) in [5.74, 6) is 2.65. The molecule has 0 saturated heterocycles. The second kappa shape index (κ2) is 4.81. The summed E-state index contributed by atoms with van der Waals surface area (Å²) in [6, 6.07) is 0. The number of H-pyrrole nitrogens is 1. The van der Waals surface area contributed by atoms with Crippen molar-refractivity contribution in [1.29, 1.82) is 0 Å². The summed E-state index contributed by atoms with van der Waals surface area (Å²) in [5.41, 5.74) is 1.81. The van der Waals surface area contributed by atoms with Crippen molar-refractivity contribution in [3.8, 4) is 0 Å². The summed E-state index contributed by atoms with van der Waals surface area (Å²) in [5, 5.41) is 3.18. The van der Waals surface area contributed by atoms with Gasteiger partial charge in [-0.2, -0.15) is 11.8 Å². The van der Waals surface area contributed by atoms with Gasteiger partial charge in [0, 0.05) is 19.5 Å². The van der Waals surface area contributed by atoms with E-state index in [0.29, 0.717) is 6.54 Å². The fraction of sp³-hybridized carbons (Fsp3) is 0.600. The van der Waals surface area contributed by atoms with E-state index in [-0.39, 0.29) is 5.56 Å². The predicted octanol–water partition coefficient (Wildman–Crippen LogP) is 0.669. The Balaban J connectivity index is 2.28. The zero-order chi connectivity index (χ0) is 10.7. The Morgan fingerprint density at radius 3 is 3.20 bits per heavy atom. The third-order valence-corrected chi connectivity index (χ3v) is 3.32. The maximum absolute atomic E-state index is 11.7. The topological polar surface area (TPSA) is 57.8 Å². The maximum atomic E-state index is 11.7. The average Bonchev–Trinajstić information content (AvgIpc) is 2.26. The van der Waals surface area contributed by atoms with Crippen LogP contribution in [0.2, 0.25) is 0 Å². The molecule has 0 radical (unpaired) electrons. The van der Waals surface area contributed by atoms with Gasteiger partial charge in [-0.05, 0) is 5.75 Å². The highest BCUT2D eigenvalue weighted by molar-refractivity contribution is 7.98. The first-order chi connectivity index (χ1) is 7.31. The molecule has 1 aromatic heterocycles. The van der Waals surface area contributed by atoms with E-state index in [2.05, 4.69) is 22.2 Å². The van der Waals surface area contributed by atoms with Crippen LogP contribution >= 0.6 is 11.8 Å². The van der Waals surface area contributed by atoms with Crippen molar-refractivity contribution < 1.29 is 0 Å². The van der Waals surface area contributed by atoms with E-state index in [1.54, 1.807) is 11.8 Å². The largest absolute Gasteiger partial charge is 0.312 e. The summed E-state index contributed by atoms with van der Waals surface area (Å²) in [6.07, 6.45) is 0.864. The first-order valence-electron chi connectivity index (χ1n) is 5.20. The number of nitrogens with one attached hydrogen (secondary N) is 2. The minimum absolute atomic E-state index is 0.0268. The number of aromatic amines is 1. The van der Waals surface area contributed by atoms with Crippen LogP contribution in [0.1, 0.15) is 24.0 Å². The van der Waals surface area contributed by atoms with Crippen LogP contribution in [0.5, 0.6) is 0 Å². The SMILES string of the molecule is CCSCc1nc2c(c(=O)[nH]1)CNCC2. The van der Waals surface area contributed by atoms with Gasteiger partial charge in [0.2, 0.25) is 0 Å². The average molecular weight is 225 g/mol. The number of thioether (sulfide) groups is 1. The maximum Gasteiger partial charge on any atom is 0.255 e. The van der Waals surface area contributed by atoms with Crippen molar-refractivity contribution in [2.75, 3.05) is 12.3 Å².